The van der Waals surface area contributed by atoms with Crippen LogP contribution in [-0.2, 0) is 6.42 Å². The van der Waals surface area contributed by atoms with E-state index in [9.17, 15) is 0 Å². The highest BCUT2D eigenvalue weighted by Gasteiger charge is 2.15. The predicted molar refractivity (Wildman–Crippen MR) is 138 cm³/mol. The van der Waals surface area contributed by atoms with Crippen LogP contribution in [0.1, 0.15) is 108 Å². The average Bonchev–Trinajstić information content (AvgIpc) is 2.83. The van der Waals surface area contributed by atoms with Crippen LogP contribution in [0.3, 0.4) is 0 Å². The molecule has 1 atom stereocenters. The van der Waals surface area contributed by atoms with Crippen LogP contribution in [0.25, 0.3) is 16.7 Å². The molecule has 2 aromatic carbocycles. The van der Waals surface area contributed by atoms with Gasteiger partial charge >= 0.3 is 0 Å². The number of aryl methyl sites for hydroxylation is 1. The van der Waals surface area contributed by atoms with Crippen LogP contribution in [0.15, 0.2) is 54.6 Å². The van der Waals surface area contributed by atoms with E-state index in [1.165, 1.54) is 112 Å². The third-order valence-electron chi connectivity index (χ3n) is 7.10. The van der Waals surface area contributed by atoms with Crippen molar-refractivity contribution in [2.75, 3.05) is 0 Å². The third kappa shape index (κ3) is 7.99. The van der Waals surface area contributed by atoms with Gasteiger partial charge in [0.15, 0.2) is 0 Å². The lowest BCUT2D eigenvalue weighted by Crippen LogP contribution is -2.05. The highest BCUT2D eigenvalue weighted by Crippen LogP contribution is 2.33. The second kappa shape index (κ2) is 13.6. The number of unbranched alkanes of at least 4 members (excludes halogenated alkanes) is 7. The van der Waals surface area contributed by atoms with Crippen molar-refractivity contribution in [2.24, 2.45) is 5.92 Å². The SMILES string of the molecule is CCCCCCCC1CC=C(c2ccc(-c3ccc(CCCCCC)cc3)cc2)CC1. The molecular formula is C31H44. The molecule has 0 spiro atoms. The van der Waals surface area contributed by atoms with E-state index >= 15 is 0 Å². The molecule has 31 heavy (non-hydrogen) atoms. The first-order valence-electron chi connectivity index (χ1n) is 13.2. The van der Waals surface area contributed by atoms with Crippen molar-refractivity contribution >= 4 is 5.57 Å². The van der Waals surface area contributed by atoms with E-state index in [2.05, 4.69) is 68.5 Å². The summed E-state index contributed by atoms with van der Waals surface area (Å²) >= 11 is 0. The molecule has 0 fully saturated rings. The molecule has 0 aliphatic heterocycles. The molecule has 0 saturated carbocycles. The number of hydrogen-bond donors (Lipinski definition) is 0. The second-order valence-corrected chi connectivity index (χ2v) is 9.66. The van der Waals surface area contributed by atoms with Gasteiger partial charge in [0, 0.05) is 0 Å². The molecule has 3 rings (SSSR count). The number of hydrogen-bond acceptors (Lipinski definition) is 0. The van der Waals surface area contributed by atoms with Crippen molar-refractivity contribution in [1.82, 2.24) is 0 Å². The maximum atomic E-state index is 2.53. The van der Waals surface area contributed by atoms with Gasteiger partial charge in [-0.05, 0) is 65.8 Å². The van der Waals surface area contributed by atoms with E-state index in [1.54, 1.807) is 5.57 Å². The van der Waals surface area contributed by atoms with Gasteiger partial charge in [0.1, 0.15) is 0 Å². The molecule has 168 valence electrons. The lowest BCUT2D eigenvalue weighted by Gasteiger charge is -2.22. The van der Waals surface area contributed by atoms with E-state index in [-0.39, 0.29) is 0 Å². The lowest BCUT2D eigenvalue weighted by molar-refractivity contribution is 0.423. The monoisotopic (exact) mass is 416 g/mol. The van der Waals surface area contributed by atoms with E-state index in [0.717, 1.165) is 5.92 Å². The van der Waals surface area contributed by atoms with Gasteiger partial charge < -0.3 is 0 Å². The van der Waals surface area contributed by atoms with Crippen LogP contribution in [0.4, 0.5) is 0 Å². The summed E-state index contributed by atoms with van der Waals surface area (Å²) in [6.07, 6.45) is 21.5. The molecule has 0 N–H and O–H groups in total. The molecule has 0 heterocycles. The first kappa shape index (κ1) is 23.8. The number of rotatable bonds is 13. The summed E-state index contributed by atoms with van der Waals surface area (Å²) in [6.45, 7) is 4.57. The summed E-state index contributed by atoms with van der Waals surface area (Å²) in [7, 11) is 0. The molecular weight excluding hydrogens is 372 g/mol. The Kier molecular flexibility index (Phi) is 10.4. The summed E-state index contributed by atoms with van der Waals surface area (Å²) in [5.41, 5.74) is 7.14. The standard InChI is InChI=1S/C31H44/c1-3-5-7-9-11-13-27-16-20-29(21-17-27)31-24-22-30(23-25-31)28-18-14-26(15-19-28)12-10-8-6-4-2/h14-15,18-20,22-25,27H,3-13,16-17,21H2,1-2H3. The van der Waals surface area contributed by atoms with Crippen LogP contribution >= 0.6 is 0 Å². The fourth-order valence-electron chi connectivity index (χ4n) is 4.95. The molecule has 1 aliphatic carbocycles. The zero-order valence-electron chi connectivity index (χ0n) is 20.2. The van der Waals surface area contributed by atoms with Gasteiger partial charge in [0.25, 0.3) is 0 Å². The fraction of sp³-hybridized carbons (Fsp3) is 0.548. The Hall–Kier alpha value is -1.82. The van der Waals surface area contributed by atoms with Crippen molar-refractivity contribution in [3.05, 3.63) is 65.7 Å². The summed E-state index contributed by atoms with van der Waals surface area (Å²) in [4.78, 5) is 0. The van der Waals surface area contributed by atoms with Gasteiger partial charge in [-0.3, -0.25) is 0 Å². The average molecular weight is 417 g/mol. The summed E-state index contributed by atoms with van der Waals surface area (Å²) in [5, 5.41) is 0. The molecule has 1 unspecified atom stereocenters. The molecule has 0 nitrogen and oxygen atoms in total. The van der Waals surface area contributed by atoms with Crippen molar-refractivity contribution in [3.63, 3.8) is 0 Å². The van der Waals surface area contributed by atoms with Crippen molar-refractivity contribution in [3.8, 4) is 11.1 Å². The van der Waals surface area contributed by atoms with Crippen molar-refractivity contribution in [2.45, 2.75) is 104 Å². The summed E-state index contributed by atoms with van der Waals surface area (Å²) in [6, 6.07) is 18.5. The first-order chi connectivity index (χ1) is 15.3. The first-order valence-corrected chi connectivity index (χ1v) is 13.2. The van der Waals surface area contributed by atoms with Gasteiger partial charge in [-0.25, -0.2) is 0 Å². The molecule has 0 saturated heterocycles. The number of allylic oxidation sites excluding steroid dienone is 2. The molecule has 0 heteroatoms. The Morgan fingerprint density at radius 2 is 1.23 bits per heavy atom. The van der Waals surface area contributed by atoms with Crippen LogP contribution in [0, 0.1) is 5.92 Å². The van der Waals surface area contributed by atoms with Gasteiger partial charge in [-0.1, -0.05) is 126 Å². The topological polar surface area (TPSA) is 0 Å². The van der Waals surface area contributed by atoms with Crippen molar-refractivity contribution < 1.29 is 0 Å². The predicted octanol–water partition coefficient (Wildman–Crippen LogP) is 10.0. The van der Waals surface area contributed by atoms with Crippen LogP contribution < -0.4 is 0 Å². The maximum Gasteiger partial charge on any atom is -0.0184 e. The quantitative estimate of drug-likeness (QED) is 0.285. The Balaban J connectivity index is 1.48. The molecule has 0 bridgehead atoms. The highest BCUT2D eigenvalue weighted by molar-refractivity contribution is 5.71. The Bertz CT molecular complexity index is 763. The fourth-order valence-corrected chi connectivity index (χ4v) is 4.95. The zero-order valence-corrected chi connectivity index (χ0v) is 20.2. The van der Waals surface area contributed by atoms with E-state index in [0.29, 0.717) is 0 Å². The largest absolute Gasteiger partial charge is 0.0804 e. The smallest absolute Gasteiger partial charge is 0.0184 e. The minimum Gasteiger partial charge on any atom is -0.0804 e. The molecule has 0 radical (unpaired) electrons. The van der Waals surface area contributed by atoms with Crippen LogP contribution in [-0.4, -0.2) is 0 Å². The normalized spacial score (nSPS) is 16.3. The van der Waals surface area contributed by atoms with E-state index in [1.807, 2.05) is 0 Å². The molecule has 1 aliphatic rings. The van der Waals surface area contributed by atoms with E-state index in [4.69, 9.17) is 0 Å². The summed E-state index contributed by atoms with van der Waals surface area (Å²) < 4.78 is 0. The zero-order chi connectivity index (χ0) is 21.7. The molecule has 0 aromatic heterocycles. The van der Waals surface area contributed by atoms with Crippen LogP contribution in [0.2, 0.25) is 0 Å². The minimum absolute atomic E-state index is 0.921. The second-order valence-electron chi connectivity index (χ2n) is 9.66. The Morgan fingerprint density at radius 1 is 0.645 bits per heavy atom. The lowest BCUT2D eigenvalue weighted by atomic mass is 9.83. The van der Waals surface area contributed by atoms with Gasteiger partial charge in [0.05, 0.1) is 0 Å². The van der Waals surface area contributed by atoms with Crippen LogP contribution in [0.5, 0.6) is 0 Å². The number of benzene rings is 2. The van der Waals surface area contributed by atoms with Gasteiger partial charge in [0.2, 0.25) is 0 Å². The van der Waals surface area contributed by atoms with Gasteiger partial charge in [-0.15, -0.1) is 0 Å². The maximum absolute atomic E-state index is 2.53. The highest BCUT2D eigenvalue weighted by atomic mass is 14.2. The van der Waals surface area contributed by atoms with E-state index < -0.39 is 0 Å². The summed E-state index contributed by atoms with van der Waals surface area (Å²) in [5.74, 6) is 0.921. The Morgan fingerprint density at radius 3 is 1.84 bits per heavy atom. The third-order valence-corrected chi connectivity index (χ3v) is 7.10. The Labute approximate surface area is 192 Å². The van der Waals surface area contributed by atoms with Gasteiger partial charge in [-0.2, -0.15) is 0 Å². The molecule has 2 aromatic rings. The molecule has 0 amide bonds. The van der Waals surface area contributed by atoms with Crippen molar-refractivity contribution in [1.29, 1.82) is 0 Å². The minimum atomic E-state index is 0.921.